The normalized spacial score (nSPS) is 14.8. The minimum absolute atomic E-state index is 0.0578. The van der Waals surface area contributed by atoms with Gasteiger partial charge in [-0.2, -0.15) is 13.2 Å². The molecule has 0 aliphatic carbocycles. The summed E-state index contributed by atoms with van der Waals surface area (Å²) in [6.45, 7) is -0.538. The van der Waals surface area contributed by atoms with Crippen LogP contribution in [0.5, 0.6) is 5.75 Å². The van der Waals surface area contributed by atoms with Crippen molar-refractivity contribution < 1.29 is 32.3 Å². The number of para-hydroxylation sites is 1. The summed E-state index contributed by atoms with van der Waals surface area (Å²) < 4.78 is 44.6. The molecule has 6 nitrogen and oxygen atoms in total. The van der Waals surface area contributed by atoms with Gasteiger partial charge in [-0.05, 0) is 54.2 Å². The lowest BCUT2D eigenvalue weighted by molar-refractivity contribution is -0.137. The molecule has 0 radical (unpaired) electrons. The van der Waals surface area contributed by atoms with E-state index in [1.165, 1.54) is 12.1 Å². The summed E-state index contributed by atoms with van der Waals surface area (Å²) in [5.74, 6) is -1.11. The van der Waals surface area contributed by atoms with Crippen LogP contribution in [0.25, 0.3) is 6.08 Å². The second-order valence-corrected chi connectivity index (χ2v) is 9.79. The van der Waals surface area contributed by atoms with Gasteiger partial charge >= 0.3 is 6.18 Å². The highest BCUT2D eigenvalue weighted by molar-refractivity contribution is 8.18. The molecule has 0 unspecified atom stereocenters. The molecule has 3 amide bonds. The van der Waals surface area contributed by atoms with Crippen LogP contribution in [0.4, 0.5) is 23.7 Å². The van der Waals surface area contributed by atoms with Crippen LogP contribution >= 0.6 is 35.0 Å². The average Bonchev–Trinajstić information content (AvgIpc) is 3.11. The number of nitrogens with one attached hydrogen (secondary N) is 1. The van der Waals surface area contributed by atoms with E-state index in [0.29, 0.717) is 38.7 Å². The van der Waals surface area contributed by atoms with Crippen molar-refractivity contribution >= 4 is 63.8 Å². The van der Waals surface area contributed by atoms with Gasteiger partial charge in [0.25, 0.3) is 11.1 Å². The van der Waals surface area contributed by atoms with E-state index in [9.17, 15) is 27.6 Å². The minimum Gasteiger partial charge on any atom is -0.488 e. The number of ether oxygens (including phenoxy) is 1. The fourth-order valence-corrected chi connectivity index (χ4v) is 4.71. The molecule has 38 heavy (non-hydrogen) atoms. The maximum Gasteiger partial charge on any atom is 0.416 e. The van der Waals surface area contributed by atoms with Gasteiger partial charge in [-0.3, -0.25) is 19.3 Å². The molecule has 0 saturated carbocycles. The van der Waals surface area contributed by atoms with Gasteiger partial charge in [-0.1, -0.05) is 53.5 Å². The lowest BCUT2D eigenvalue weighted by atomic mass is 10.1. The highest BCUT2D eigenvalue weighted by Gasteiger charge is 2.36. The number of anilines is 1. The molecule has 0 bridgehead atoms. The Hall–Kier alpha value is -3.47. The van der Waals surface area contributed by atoms with Gasteiger partial charge in [0.05, 0.1) is 10.5 Å². The third kappa shape index (κ3) is 6.69. The molecular weight excluding hydrogens is 564 g/mol. The maximum atomic E-state index is 12.9. The van der Waals surface area contributed by atoms with Crippen LogP contribution in [0, 0.1) is 0 Å². The van der Waals surface area contributed by atoms with Crippen molar-refractivity contribution in [2.75, 3.05) is 11.9 Å². The number of halogens is 5. The molecule has 12 heteroatoms. The number of rotatable bonds is 7. The Balaban J connectivity index is 1.45. The van der Waals surface area contributed by atoms with Crippen molar-refractivity contribution in [2.45, 2.75) is 12.8 Å². The van der Waals surface area contributed by atoms with Gasteiger partial charge in [0, 0.05) is 26.9 Å². The molecule has 1 saturated heterocycles. The minimum atomic E-state index is -4.58. The Morgan fingerprint density at radius 3 is 2.53 bits per heavy atom. The number of carbonyl (C=O) groups is 3. The standard InChI is InChI=1S/C26H17Cl2F3N2O4S/c27-18-9-8-16(20(28)12-18)14-37-21-7-2-1-4-15(21)10-22-24(35)33(25(36)38-22)13-23(34)32-19-6-3-5-17(11-19)26(29,30)31/h1-12H,13-14H2,(H,32,34)/b22-10-. The molecule has 1 fully saturated rings. The largest absolute Gasteiger partial charge is 0.488 e. The summed E-state index contributed by atoms with van der Waals surface area (Å²) in [5, 5.41) is 2.51. The van der Waals surface area contributed by atoms with Gasteiger partial charge < -0.3 is 10.1 Å². The zero-order valence-electron chi connectivity index (χ0n) is 19.2. The summed E-state index contributed by atoms with van der Waals surface area (Å²) >= 11 is 12.8. The van der Waals surface area contributed by atoms with Crippen molar-refractivity contribution in [3.8, 4) is 5.75 Å². The molecule has 4 rings (SSSR count). The Morgan fingerprint density at radius 2 is 1.79 bits per heavy atom. The molecule has 0 aromatic heterocycles. The van der Waals surface area contributed by atoms with E-state index in [-0.39, 0.29) is 17.2 Å². The molecule has 0 spiro atoms. The summed E-state index contributed by atoms with van der Waals surface area (Å²) in [6.07, 6.45) is -3.12. The first-order chi connectivity index (χ1) is 18.0. The Morgan fingerprint density at radius 1 is 1.03 bits per heavy atom. The monoisotopic (exact) mass is 580 g/mol. The second-order valence-electron chi connectivity index (χ2n) is 7.96. The number of nitrogens with zero attached hydrogens (tertiary/aromatic N) is 1. The fourth-order valence-electron chi connectivity index (χ4n) is 3.42. The number of thioether (sulfide) groups is 1. The topological polar surface area (TPSA) is 75.7 Å². The highest BCUT2D eigenvalue weighted by Crippen LogP contribution is 2.35. The number of alkyl halides is 3. The molecule has 1 heterocycles. The van der Waals surface area contributed by atoms with Crippen molar-refractivity contribution in [3.63, 3.8) is 0 Å². The number of amides is 3. The number of imide groups is 1. The summed E-state index contributed by atoms with van der Waals surface area (Å²) in [4.78, 5) is 38.5. The first kappa shape index (κ1) is 27.6. The molecular formula is C26H17Cl2F3N2O4S. The molecule has 1 N–H and O–H groups in total. The zero-order chi connectivity index (χ0) is 27.4. The SMILES string of the molecule is O=C(CN1C(=O)S/C(=C\c2ccccc2OCc2ccc(Cl)cc2Cl)C1=O)Nc1cccc(C(F)(F)F)c1. The number of hydrogen-bond acceptors (Lipinski definition) is 5. The Bertz CT molecular complexity index is 1450. The predicted octanol–water partition coefficient (Wildman–Crippen LogP) is 7.27. The second kappa shape index (κ2) is 11.5. The summed E-state index contributed by atoms with van der Waals surface area (Å²) in [5.41, 5.74) is 0.150. The molecule has 1 aliphatic heterocycles. The smallest absolute Gasteiger partial charge is 0.416 e. The lowest BCUT2D eigenvalue weighted by Gasteiger charge is -2.13. The maximum absolute atomic E-state index is 12.9. The average molecular weight is 581 g/mol. The Labute approximate surface area is 229 Å². The van der Waals surface area contributed by atoms with Gasteiger partial charge in [-0.25, -0.2) is 0 Å². The third-order valence-corrected chi connectivity index (χ3v) is 6.75. The van der Waals surface area contributed by atoms with Gasteiger partial charge in [0.2, 0.25) is 5.91 Å². The van der Waals surface area contributed by atoms with Gasteiger partial charge in [0.15, 0.2) is 0 Å². The van der Waals surface area contributed by atoms with E-state index < -0.39 is 35.3 Å². The Kier molecular flexibility index (Phi) is 8.35. The third-order valence-electron chi connectivity index (χ3n) is 5.25. The van der Waals surface area contributed by atoms with E-state index in [0.717, 1.165) is 23.1 Å². The first-order valence-corrected chi connectivity index (χ1v) is 12.5. The predicted molar refractivity (Wildman–Crippen MR) is 140 cm³/mol. The molecule has 3 aromatic carbocycles. The lowest BCUT2D eigenvalue weighted by Crippen LogP contribution is -2.36. The van der Waals surface area contributed by atoms with E-state index >= 15 is 0 Å². The van der Waals surface area contributed by atoms with Crippen molar-refractivity contribution in [1.82, 2.24) is 4.90 Å². The quantitative estimate of drug-likeness (QED) is 0.297. The van der Waals surface area contributed by atoms with Crippen LogP contribution in [0.15, 0.2) is 71.6 Å². The van der Waals surface area contributed by atoms with E-state index in [1.807, 2.05) is 0 Å². The number of carbonyl (C=O) groups excluding carboxylic acids is 3. The first-order valence-electron chi connectivity index (χ1n) is 10.9. The van der Waals surface area contributed by atoms with Crippen LogP contribution in [-0.2, 0) is 22.4 Å². The number of hydrogen-bond donors (Lipinski definition) is 1. The van der Waals surface area contributed by atoms with Crippen LogP contribution in [-0.4, -0.2) is 28.5 Å². The number of benzene rings is 3. The molecule has 196 valence electrons. The van der Waals surface area contributed by atoms with Crippen molar-refractivity contribution in [1.29, 1.82) is 0 Å². The molecule has 1 aliphatic rings. The molecule has 3 aromatic rings. The highest BCUT2D eigenvalue weighted by atomic mass is 35.5. The van der Waals surface area contributed by atoms with E-state index in [1.54, 1.807) is 42.5 Å². The van der Waals surface area contributed by atoms with Crippen molar-refractivity contribution in [2.24, 2.45) is 0 Å². The van der Waals surface area contributed by atoms with Gasteiger partial charge in [0.1, 0.15) is 18.9 Å². The van der Waals surface area contributed by atoms with Crippen LogP contribution < -0.4 is 10.1 Å². The van der Waals surface area contributed by atoms with Crippen LogP contribution in [0.1, 0.15) is 16.7 Å². The summed E-state index contributed by atoms with van der Waals surface area (Å²) in [6, 6.07) is 15.9. The van der Waals surface area contributed by atoms with Crippen LogP contribution in [0.2, 0.25) is 10.0 Å². The van der Waals surface area contributed by atoms with Crippen LogP contribution in [0.3, 0.4) is 0 Å². The van der Waals surface area contributed by atoms with Gasteiger partial charge in [-0.15, -0.1) is 0 Å². The summed E-state index contributed by atoms with van der Waals surface area (Å²) in [7, 11) is 0. The van der Waals surface area contributed by atoms with E-state index in [4.69, 9.17) is 27.9 Å². The van der Waals surface area contributed by atoms with E-state index in [2.05, 4.69) is 5.32 Å². The van der Waals surface area contributed by atoms with Crippen molar-refractivity contribution in [3.05, 3.63) is 98.4 Å². The zero-order valence-corrected chi connectivity index (χ0v) is 21.5. The molecule has 0 atom stereocenters. The fraction of sp³-hybridized carbons (Fsp3) is 0.115.